The minimum Gasteiger partial charge on any atom is -0.480 e. The van der Waals surface area contributed by atoms with Gasteiger partial charge in [-0.15, -0.1) is 11.8 Å². The molecule has 0 aromatic heterocycles. The molecule has 5 heteroatoms. The van der Waals surface area contributed by atoms with Crippen molar-refractivity contribution >= 4 is 17.7 Å². The van der Waals surface area contributed by atoms with Crippen LogP contribution in [0.25, 0.3) is 0 Å². The van der Waals surface area contributed by atoms with Gasteiger partial charge in [0.25, 0.3) is 0 Å². The number of benzene rings is 1. The average Bonchev–Trinajstić information content (AvgIpc) is 2.16. The molecule has 0 radical (unpaired) electrons. The fourth-order valence-electron chi connectivity index (χ4n) is 0.788. The van der Waals surface area contributed by atoms with Gasteiger partial charge in [-0.3, -0.25) is 4.79 Å². The number of halogens is 1. The summed E-state index contributed by atoms with van der Waals surface area (Å²) in [5.41, 5.74) is 5.30. The summed E-state index contributed by atoms with van der Waals surface area (Å²) in [5, 5.41) is 8.51. The SMILES string of the molecule is N[C@@H](CSc1ccc(F)cc1)C(=O)O. The van der Waals surface area contributed by atoms with Gasteiger partial charge in [-0.25, -0.2) is 4.39 Å². The van der Waals surface area contributed by atoms with Gasteiger partial charge in [-0.05, 0) is 24.3 Å². The van der Waals surface area contributed by atoms with Crippen molar-refractivity contribution in [2.75, 3.05) is 5.75 Å². The van der Waals surface area contributed by atoms with Crippen molar-refractivity contribution < 1.29 is 14.3 Å². The van der Waals surface area contributed by atoms with Crippen LogP contribution in [-0.4, -0.2) is 22.9 Å². The second-order valence-corrected chi connectivity index (χ2v) is 3.80. The maximum Gasteiger partial charge on any atom is 0.321 e. The Balaban J connectivity index is 2.46. The van der Waals surface area contributed by atoms with Crippen molar-refractivity contribution in [3.8, 4) is 0 Å². The molecule has 1 aromatic rings. The summed E-state index contributed by atoms with van der Waals surface area (Å²) in [6.07, 6.45) is 0. The lowest BCUT2D eigenvalue weighted by atomic mass is 10.3. The van der Waals surface area contributed by atoms with E-state index in [4.69, 9.17) is 10.8 Å². The van der Waals surface area contributed by atoms with Crippen LogP contribution in [0.5, 0.6) is 0 Å². The molecule has 0 saturated heterocycles. The zero-order valence-corrected chi connectivity index (χ0v) is 8.13. The Morgan fingerprint density at radius 1 is 1.50 bits per heavy atom. The minimum atomic E-state index is -1.03. The molecule has 76 valence electrons. The highest BCUT2D eigenvalue weighted by Gasteiger charge is 2.11. The van der Waals surface area contributed by atoms with Crippen LogP contribution in [-0.2, 0) is 4.79 Å². The van der Waals surface area contributed by atoms with Gasteiger partial charge in [0.1, 0.15) is 11.9 Å². The van der Waals surface area contributed by atoms with Gasteiger partial charge in [0, 0.05) is 10.6 Å². The van der Waals surface area contributed by atoms with Gasteiger partial charge in [-0.2, -0.15) is 0 Å². The van der Waals surface area contributed by atoms with Crippen LogP contribution in [0.15, 0.2) is 29.2 Å². The zero-order valence-electron chi connectivity index (χ0n) is 7.31. The molecule has 14 heavy (non-hydrogen) atoms. The van der Waals surface area contributed by atoms with E-state index in [0.29, 0.717) is 0 Å². The summed E-state index contributed by atoms with van der Waals surface area (Å²) in [5.74, 6) is -1.06. The maximum absolute atomic E-state index is 12.5. The number of hydrogen-bond acceptors (Lipinski definition) is 3. The van der Waals surface area contributed by atoms with Crippen molar-refractivity contribution in [3.05, 3.63) is 30.1 Å². The molecule has 0 unspecified atom stereocenters. The Morgan fingerprint density at radius 2 is 2.07 bits per heavy atom. The van der Waals surface area contributed by atoms with Crippen LogP contribution in [0.4, 0.5) is 4.39 Å². The number of thioether (sulfide) groups is 1. The van der Waals surface area contributed by atoms with Crippen LogP contribution in [0.1, 0.15) is 0 Å². The number of carboxylic acids is 1. The van der Waals surface area contributed by atoms with Crippen LogP contribution < -0.4 is 5.73 Å². The summed E-state index contributed by atoms with van der Waals surface area (Å²) in [6, 6.07) is 4.96. The van der Waals surface area contributed by atoms with E-state index in [2.05, 4.69) is 0 Å². The van der Waals surface area contributed by atoms with Gasteiger partial charge in [0.2, 0.25) is 0 Å². The predicted molar refractivity (Wildman–Crippen MR) is 52.7 cm³/mol. The second-order valence-electron chi connectivity index (χ2n) is 2.71. The molecule has 0 aliphatic carbocycles. The number of carboxylic acid groups (broad SMARTS) is 1. The smallest absolute Gasteiger partial charge is 0.321 e. The monoisotopic (exact) mass is 215 g/mol. The Bertz CT molecular complexity index is 315. The highest BCUT2D eigenvalue weighted by molar-refractivity contribution is 7.99. The molecule has 0 saturated carbocycles. The van der Waals surface area contributed by atoms with Crippen molar-refractivity contribution in [1.29, 1.82) is 0 Å². The van der Waals surface area contributed by atoms with Crippen LogP contribution >= 0.6 is 11.8 Å². The predicted octanol–water partition coefficient (Wildman–Crippen LogP) is 1.33. The molecule has 3 nitrogen and oxygen atoms in total. The number of aliphatic carboxylic acids is 1. The highest BCUT2D eigenvalue weighted by atomic mass is 32.2. The van der Waals surface area contributed by atoms with Gasteiger partial charge >= 0.3 is 5.97 Å². The fourth-order valence-corrected chi connectivity index (χ4v) is 1.63. The third-order valence-electron chi connectivity index (χ3n) is 1.56. The number of hydrogen-bond donors (Lipinski definition) is 2. The van der Waals surface area contributed by atoms with Crippen molar-refractivity contribution in [3.63, 3.8) is 0 Å². The van der Waals surface area contributed by atoms with Crippen LogP contribution in [0, 0.1) is 5.82 Å². The Labute approximate surface area is 85.1 Å². The van der Waals surface area contributed by atoms with Gasteiger partial charge in [0.05, 0.1) is 0 Å². The third-order valence-corrected chi connectivity index (χ3v) is 2.69. The Hall–Kier alpha value is -1.07. The van der Waals surface area contributed by atoms with E-state index in [1.807, 2.05) is 0 Å². The van der Waals surface area contributed by atoms with E-state index in [1.54, 1.807) is 12.1 Å². The van der Waals surface area contributed by atoms with Gasteiger partial charge in [0.15, 0.2) is 0 Å². The van der Waals surface area contributed by atoms with E-state index < -0.39 is 12.0 Å². The normalized spacial score (nSPS) is 12.4. The topological polar surface area (TPSA) is 63.3 Å². The first-order valence-electron chi connectivity index (χ1n) is 3.96. The minimum absolute atomic E-state index is 0.279. The summed E-state index contributed by atoms with van der Waals surface area (Å²) in [4.78, 5) is 11.2. The lowest BCUT2D eigenvalue weighted by Crippen LogP contribution is -2.32. The molecule has 0 bridgehead atoms. The number of rotatable bonds is 4. The molecule has 1 atom stereocenters. The quantitative estimate of drug-likeness (QED) is 0.744. The third kappa shape index (κ3) is 3.35. The number of nitrogens with two attached hydrogens (primary N) is 1. The molecule has 0 fully saturated rings. The van der Waals surface area contributed by atoms with E-state index in [0.717, 1.165) is 4.90 Å². The molecular formula is C9H10FNO2S. The molecule has 1 aromatic carbocycles. The summed E-state index contributed by atoms with van der Waals surface area (Å²) in [6.45, 7) is 0. The molecule has 0 spiro atoms. The van der Waals surface area contributed by atoms with Crippen LogP contribution in [0.2, 0.25) is 0 Å². The zero-order chi connectivity index (χ0) is 10.6. The van der Waals surface area contributed by atoms with Crippen molar-refractivity contribution in [2.24, 2.45) is 5.73 Å². The Kier molecular flexibility index (Phi) is 3.91. The van der Waals surface area contributed by atoms with E-state index in [-0.39, 0.29) is 11.6 Å². The first kappa shape index (κ1) is 11.0. The first-order chi connectivity index (χ1) is 6.59. The van der Waals surface area contributed by atoms with E-state index in [9.17, 15) is 9.18 Å². The standard InChI is InChI=1S/C9H10FNO2S/c10-6-1-3-7(4-2-6)14-5-8(11)9(12)13/h1-4,8H,5,11H2,(H,12,13)/t8-/m0/s1. The average molecular weight is 215 g/mol. The van der Waals surface area contributed by atoms with Crippen molar-refractivity contribution in [1.82, 2.24) is 0 Å². The summed E-state index contributed by atoms with van der Waals surface area (Å²) in [7, 11) is 0. The largest absolute Gasteiger partial charge is 0.480 e. The molecule has 1 rings (SSSR count). The lowest BCUT2D eigenvalue weighted by molar-refractivity contribution is -0.137. The van der Waals surface area contributed by atoms with Gasteiger partial charge in [-0.1, -0.05) is 0 Å². The lowest BCUT2D eigenvalue weighted by Gasteiger charge is -2.05. The maximum atomic E-state index is 12.5. The van der Waals surface area contributed by atoms with Gasteiger partial charge < -0.3 is 10.8 Å². The molecule has 3 N–H and O–H groups in total. The second kappa shape index (κ2) is 4.97. The molecule has 0 heterocycles. The Morgan fingerprint density at radius 3 is 2.57 bits per heavy atom. The van der Waals surface area contributed by atoms with Crippen molar-refractivity contribution in [2.45, 2.75) is 10.9 Å². The summed E-state index contributed by atoms with van der Waals surface area (Å²) >= 11 is 1.29. The molecule has 0 aliphatic heterocycles. The first-order valence-corrected chi connectivity index (χ1v) is 4.95. The molecular weight excluding hydrogens is 205 g/mol. The van der Waals surface area contributed by atoms with Crippen LogP contribution in [0.3, 0.4) is 0 Å². The van der Waals surface area contributed by atoms with E-state index in [1.165, 1.54) is 23.9 Å². The summed E-state index contributed by atoms with van der Waals surface area (Å²) < 4.78 is 12.5. The molecule has 0 amide bonds. The fraction of sp³-hybridized carbons (Fsp3) is 0.222. The molecule has 0 aliphatic rings. The van der Waals surface area contributed by atoms with E-state index >= 15 is 0 Å². The number of carbonyl (C=O) groups is 1. The highest BCUT2D eigenvalue weighted by Crippen LogP contribution is 2.18.